The summed E-state index contributed by atoms with van der Waals surface area (Å²) in [7, 11) is 2.13. The molecule has 1 unspecified atom stereocenters. The number of nitrogens with one attached hydrogen (secondary N) is 1. The van der Waals surface area contributed by atoms with Gasteiger partial charge in [0.15, 0.2) is 0 Å². The molecule has 1 aromatic heterocycles. The van der Waals surface area contributed by atoms with Crippen molar-refractivity contribution < 1.29 is 4.79 Å². The maximum Gasteiger partial charge on any atom is 0.146 e. The van der Waals surface area contributed by atoms with Crippen molar-refractivity contribution in [3.05, 3.63) is 65.5 Å². The molecule has 30 heavy (non-hydrogen) atoms. The Morgan fingerprint density at radius 2 is 1.90 bits per heavy atom. The van der Waals surface area contributed by atoms with Gasteiger partial charge >= 0.3 is 0 Å². The summed E-state index contributed by atoms with van der Waals surface area (Å²) in [5, 5.41) is 3.31. The van der Waals surface area contributed by atoms with E-state index in [-0.39, 0.29) is 5.92 Å². The van der Waals surface area contributed by atoms with Gasteiger partial charge < -0.3 is 20.0 Å². The molecule has 3 aliphatic rings. The molecular weight excluding hydrogens is 374 g/mol. The number of nitrogens with zero attached hydrogens (tertiary/aromatic N) is 4. The third kappa shape index (κ3) is 3.49. The molecule has 1 aromatic carbocycles. The third-order valence-electron chi connectivity index (χ3n) is 6.45. The lowest BCUT2D eigenvalue weighted by Crippen LogP contribution is -2.46. The first-order valence-corrected chi connectivity index (χ1v) is 10.7. The number of pyridine rings is 1. The van der Waals surface area contributed by atoms with Crippen LogP contribution in [-0.4, -0.2) is 62.1 Å². The predicted molar refractivity (Wildman–Crippen MR) is 121 cm³/mol. The Labute approximate surface area is 177 Å². The predicted octanol–water partition coefficient (Wildman–Crippen LogP) is 2.89. The van der Waals surface area contributed by atoms with Gasteiger partial charge in [0.05, 0.1) is 5.92 Å². The molecule has 154 valence electrons. The van der Waals surface area contributed by atoms with Crippen LogP contribution >= 0.6 is 0 Å². The van der Waals surface area contributed by atoms with E-state index in [2.05, 4.69) is 68.3 Å². The smallest absolute Gasteiger partial charge is 0.146 e. The summed E-state index contributed by atoms with van der Waals surface area (Å²) in [6.45, 7) is 5.77. The Hall–Kier alpha value is -3.08. The van der Waals surface area contributed by atoms with Crippen LogP contribution in [0.1, 0.15) is 17.9 Å². The molecule has 0 spiro atoms. The van der Waals surface area contributed by atoms with Gasteiger partial charge in [0.1, 0.15) is 17.5 Å². The van der Waals surface area contributed by atoms with Gasteiger partial charge in [-0.1, -0.05) is 17.7 Å². The number of benzene rings is 1. The van der Waals surface area contributed by atoms with Crippen molar-refractivity contribution in [3.63, 3.8) is 0 Å². The van der Waals surface area contributed by atoms with Gasteiger partial charge in [-0.3, -0.25) is 0 Å². The van der Waals surface area contributed by atoms with Gasteiger partial charge in [0, 0.05) is 56.8 Å². The summed E-state index contributed by atoms with van der Waals surface area (Å²) in [5.41, 5.74) is 5.44. The van der Waals surface area contributed by atoms with Crippen LogP contribution in [0.5, 0.6) is 0 Å². The summed E-state index contributed by atoms with van der Waals surface area (Å²) in [5.74, 6) is 3.23. The van der Waals surface area contributed by atoms with Crippen molar-refractivity contribution in [2.24, 2.45) is 0 Å². The second-order valence-electron chi connectivity index (χ2n) is 8.30. The van der Waals surface area contributed by atoms with E-state index in [0.717, 1.165) is 57.2 Å². The van der Waals surface area contributed by atoms with Crippen molar-refractivity contribution in [3.8, 4) is 0 Å². The minimum atomic E-state index is 0.0148. The van der Waals surface area contributed by atoms with Crippen molar-refractivity contribution in [1.82, 2.24) is 9.88 Å². The van der Waals surface area contributed by atoms with E-state index in [9.17, 15) is 4.79 Å². The topological polar surface area (TPSA) is 51.7 Å². The summed E-state index contributed by atoms with van der Waals surface area (Å²) >= 11 is 0. The number of fused-ring (bicyclic) bond motifs is 1. The quantitative estimate of drug-likeness (QED) is 0.631. The Bertz CT molecular complexity index is 1000. The van der Waals surface area contributed by atoms with Crippen LogP contribution in [0.3, 0.4) is 0 Å². The molecule has 3 aliphatic heterocycles. The molecule has 0 amide bonds. The zero-order valence-electron chi connectivity index (χ0n) is 17.3. The van der Waals surface area contributed by atoms with E-state index in [0.29, 0.717) is 5.70 Å². The first-order chi connectivity index (χ1) is 14.7. The lowest BCUT2D eigenvalue weighted by atomic mass is 9.87. The number of allylic oxidation sites excluding steroid dienone is 1. The highest BCUT2D eigenvalue weighted by molar-refractivity contribution is 5.78. The highest BCUT2D eigenvalue weighted by Gasteiger charge is 2.33. The molecule has 0 bridgehead atoms. The fourth-order valence-electron chi connectivity index (χ4n) is 4.72. The Kier molecular flexibility index (Phi) is 5.03. The number of carbonyl (C=O) groups excluding carboxylic acids is 1. The average molecular weight is 402 g/mol. The number of anilines is 3. The summed E-state index contributed by atoms with van der Waals surface area (Å²) in [6, 6.07) is 12.6. The highest BCUT2D eigenvalue weighted by atomic mass is 16.1. The summed E-state index contributed by atoms with van der Waals surface area (Å²) < 4.78 is 0. The normalized spacial score (nSPS) is 21.7. The Morgan fingerprint density at radius 3 is 2.60 bits per heavy atom. The SMILES string of the molecule is CN1CC=C(C2C(=C=O)Nc3ccc(N4CCN(c5ccccn5)CC4)cc32)CC1. The first kappa shape index (κ1) is 18.9. The van der Waals surface area contributed by atoms with Gasteiger partial charge in [0.2, 0.25) is 0 Å². The zero-order chi connectivity index (χ0) is 20.5. The molecule has 1 fully saturated rings. The Balaban J connectivity index is 1.37. The number of piperazine rings is 1. The van der Waals surface area contributed by atoms with Gasteiger partial charge in [-0.25, -0.2) is 9.78 Å². The van der Waals surface area contributed by atoms with Crippen LogP contribution in [0.15, 0.2) is 59.9 Å². The van der Waals surface area contributed by atoms with Crippen LogP contribution < -0.4 is 15.1 Å². The minimum absolute atomic E-state index is 0.0148. The first-order valence-electron chi connectivity index (χ1n) is 10.7. The molecule has 0 aliphatic carbocycles. The van der Waals surface area contributed by atoms with E-state index in [1.165, 1.54) is 16.8 Å². The third-order valence-corrected chi connectivity index (χ3v) is 6.45. The molecule has 1 saturated heterocycles. The van der Waals surface area contributed by atoms with Gasteiger partial charge in [-0.05, 0) is 49.4 Å². The molecule has 6 heteroatoms. The van der Waals surface area contributed by atoms with Crippen LogP contribution in [-0.2, 0) is 4.79 Å². The minimum Gasteiger partial charge on any atom is -0.368 e. The van der Waals surface area contributed by atoms with Crippen LogP contribution in [0.25, 0.3) is 0 Å². The van der Waals surface area contributed by atoms with Crippen molar-refractivity contribution in [2.75, 3.05) is 61.4 Å². The molecule has 4 heterocycles. The average Bonchev–Trinajstić information content (AvgIpc) is 3.18. The lowest BCUT2D eigenvalue weighted by Gasteiger charge is -2.37. The van der Waals surface area contributed by atoms with Gasteiger partial charge in [-0.15, -0.1) is 0 Å². The largest absolute Gasteiger partial charge is 0.368 e. The van der Waals surface area contributed by atoms with Crippen LogP contribution in [0.4, 0.5) is 17.2 Å². The van der Waals surface area contributed by atoms with Gasteiger partial charge in [0.25, 0.3) is 0 Å². The molecule has 1 atom stereocenters. The number of hydrogen-bond acceptors (Lipinski definition) is 6. The fraction of sp³-hybridized carbons (Fsp3) is 0.375. The van der Waals surface area contributed by atoms with E-state index in [4.69, 9.17) is 0 Å². The number of rotatable bonds is 3. The molecule has 2 aromatic rings. The number of likely N-dealkylation sites (N-methyl/N-ethyl adjacent to an activating group) is 1. The Morgan fingerprint density at radius 1 is 1.07 bits per heavy atom. The molecule has 5 rings (SSSR count). The second kappa shape index (κ2) is 7.98. The van der Waals surface area contributed by atoms with Crippen LogP contribution in [0.2, 0.25) is 0 Å². The molecule has 0 radical (unpaired) electrons. The zero-order valence-corrected chi connectivity index (χ0v) is 17.3. The number of aromatic nitrogens is 1. The molecule has 1 N–H and O–H groups in total. The summed E-state index contributed by atoms with van der Waals surface area (Å²) in [4.78, 5) is 23.2. The molecule has 6 nitrogen and oxygen atoms in total. The maximum absolute atomic E-state index is 11.7. The fourth-order valence-corrected chi connectivity index (χ4v) is 4.72. The molecule has 0 saturated carbocycles. The van der Waals surface area contributed by atoms with Crippen molar-refractivity contribution in [2.45, 2.75) is 12.3 Å². The van der Waals surface area contributed by atoms with Crippen molar-refractivity contribution >= 4 is 23.1 Å². The molecular formula is C24H27N5O. The van der Waals surface area contributed by atoms with Crippen LogP contribution in [0, 0.1) is 0 Å². The maximum atomic E-state index is 11.7. The monoisotopic (exact) mass is 401 g/mol. The van der Waals surface area contributed by atoms with E-state index in [1.807, 2.05) is 18.3 Å². The lowest BCUT2D eigenvalue weighted by molar-refractivity contribution is 0.355. The van der Waals surface area contributed by atoms with E-state index < -0.39 is 0 Å². The highest BCUT2D eigenvalue weighted by Crippen LogP contribution is 2.45. The second-order valence-corrected chi connectivity index (χ2v) is 8.30. The van der Waals surface area contributed by atoms with Gasteiger partial charge in [-0.2, -0.15) is 0 Å². The number of hydrogen-bond donors (Lipinski definition) is 1. The van der Waals surface area contributed by atoms with Crippen molar-refractivity contribution in [1.29, 1.82) is 0 Å². The van der Waals surface area contributed by atoms with E-state index >= 15 is 0 Å². The summed E-state index contributed by atoms with van der Waals surface area (Å²) in [6.07, 6.45) is 5.12. The van der Waals surface area contributed by atoms with E-state index in [1.54, 1.807) is 0 Å². The standard InChI is InChI=1S/C24H27N5O/c1-27-10-7-18(8-11-27)24-20-16-19(5-6-21(20)26-22(24)17-30)28-12-14-29(15-13-28)23-4-2-3-9-25-23/h2-7,9,16,24,26H,8,10-15H2,1H3.